The highest BCUT2D eigenvalue weighted by atomic mass is 16.7. The van der Waals surface area contributed by atoms with Gasteiger partial charge in [-0.05, 0) is 44.2 Å². The Balaban J connectivity index is 1.59. The Hall–Kier alpha value is -3.75. The summed E-state index contributed by atoms with van der Waals surface area (Å²) in [6.45, 7) is 1.42. The van der Waals surface area contributed by atoms with E-state index in [-0.39, 0.29) is 47.7 Å². The van der Waals surface area contributed by atoms with Crippen molar-refractivity contribution in [3.05, 3.63) is 35.4 Å². The number of nitriles is 1. The lowest BCUT2D eigenvalue weighted by atomic mass is 9.81. The highest BCUT2D eigenvalue weighted by Gasteiger charge is 2.35. The Morgan fingerprint density at radius 2 is 2.11 bits per heavy atom. The van der Waals surface area contributed by atoms with Gasteiger partial charge in [-0.2, -0.15) is 10.2 Å². The van der Waals surface area contributed by atoms with Gasteiger partial charge in [-0.15, -0.1) is 0 Å². The van der Waals surface area contributed by atoms with Crippen LogP contribution in [0, 0.1) is 11.3 Å². The summed E-state index contributed by atoms with van der Waals surface area (Å²) in [6, 6.07) is 8.72. The Morgan fingerprint density at radius 3 is 2.80 bits per heavy atom. The van der Waals surface area contributed by atoms with Crippen molar-refractivity contribution in [1.29, 1.82) is 5.26 Å². The molecule has 2 aliphatic carbocycles. The quantitative estimate of drug-likeness (QED) is 0.409. The second-order valence-corrected chi connectivity index (χ2v) is 9.05. The number of hydroxylamine groups is 1. The van der Waals surface area contributed by atoms with Crippen molar-refractivity contribution in [3.63, 3.8) is 0 Å². The fourth-order valence-electron chi connectivity index (χ4n) is 4.25. The zero-order valence-electron chi connectivity index (χ0n) is 19.4. The predicted molar refractivity (Wildman–Crippen MR) is 125 cm³/mol. The number of nitrogens with one attached hydrogen (secondary N) is 2. The van der Waals surface area contributed by atoms with Crippen LogP contribution in [0.2, 0.25) is 0 Å². The average Bonchev–Trinajstić information content (AvgIpc) is 3.23. The van der Waals surface area contributed by atoms with Gasteiger partial charge in [0.25, 0.3) is 5.91 Å². The van der Waals surface area contributed by atoms with Crippen molar-refractivity contribution in [2.75, 3.05) is 12.3 Å². The van der Waals surface area contributed by atoms with E-state index in [0.717, 1.165) is 12.8 Å². The summed E-state index contributed by atoms with van der Waals surface area (Å²) in [5, 5.41) is 22.3. The van der Waals surface area contributed by atoms with E-state index in [1.165, 1.54) is 6.92 Å². The lowest BCUT2D eigenvalue weighted by Crippen LogP contribution is -2.44. The van der Waals surface area contributed by atoms with Crippen molar-refractivity contribution in [2.45, 2.75) is 63.2 Å². The molecule has 2 aliphatic rings. The lowest BCUT2D eigenvalue weighted by Gasteiger charge is -2.35. The molecule has 1 aromatic carbocycles. The highest BCUT2D eigenvalue weighted by molar-refractivity contribution is 6.00. The fraction of sp³-hybridized carbons (Fsp3) is 0.458. The summed E-state index contributed by atoms with van der Waals surface area (Å²) < 4.78 is 6.11. The maximum atomic E-state index is 13.0. The third kappa shape index (κ3) is 5.85. The van der Waals surface area contributed by atoms with Crippen LogP contribution in [0.4, 0.5) is 5.82 Å². The van der Waals surface area contributed by atoms with Gasteiger partial charge in [-0.3, -0.25) is 14.4 Å². The zero-order chi connectivity index (χ0) is 25.0. The molecule has 0 unspecified atom stereocenters. The van der Waals surface area contributed by atoms with Crippen molar-refractivity contribution in [1.82, 2.24) is 20.8 Å². The number of rotatable bonds is 8. The van der Waals surface area contributed by atoms with E-state index < -0.39 is 11.5 Å². The van der Waals surface area contributed by atoms with E-state index in [1.54, 1.807) is 24.3 Å². The molecule has 0 spiro atoms. The number of aliphatic hydroxyl groups is 1. The van der Waals surface area contributed by atoms with Crippen LogP contribution < -0.4 is 21.3 Å². The van der Waals surface area contributed by atoms with Gasteiger partial charge in [0.15, 0.2) is 5.82 Å². The van der Waals surface area contributed by atoms with E-state index in [4.69, 9.17) is 15.3 Å². The largest absolute Gasteiger partial charge is 0.474 e. The summed E-state index contributed by atoms with van der Waals surface area (Å²) in [4.78, 5) is 38.3. The monoisotopic (exact) mass is 480 g/mol. The normalized spacial score (nSPS) is 20.4. The minimum Gasteiger partial charge on any atom is -0.474 e. The number of anilines is 1. The van der Waals surface area contributed by atoms with Crippen LogP contribution in [-0.4, -0.2) is 51.2 Å². The van der Waals surface area contributed by atoms with E-state index in [2.05, 4.69) is 26.8 Å². The highest BCUT2D eigenvalue weighted by Crippen LogP contribution is 2.32. The van der Waals surface area contributed by atoms with Crippen LogP contribution in [0.3, 0.4) is 0 Å². The summed E-state index contributed by atoms with van der Waals surface area (Å²) >= 11 is 0. The van der Waals surface area contributed by atoms with Gasteiger partial charge < -0.3 is 20.9 Å². The third-order valence-electron chi connectivity index (χ3n) is 6.24. The first-order valence-corrected chi connectivity index (χ1v) is 11.5. The maximum Gasteiger partial charge on any atom is 0.284 e. The van der Waals surface area contributed by atoms with Crippen LogP contribution >= 0.6 is 0 Å². The van der Waals surface area contributed by atoms with Gasteiger partial charge in [0.2, 0.25) is 11.8 Å². The Kier molecular flexibility index (Phi) is 7.14. The molecule has 0 bridgehead atoms. The smallest absolute Gasteiger partial charge is 0.284 e. The number of nitrogens with two attached hydrogens (primary N) is 1. The number of hydrogen-bond donors (Lipinski definition) is 4. The van der Waals surface area contributed by atoms with Crippen LogP contribution in [0.5, 0.6) is 5.88 Å². The van der Waals surface area contributed by atoms with E-state index >= 15 is 0 Å². The first kappa shape index (κ1) is 24.4. The number of ether oxygens (including phenoxy) is 1. The van der Waals surface area contributed by atoms with Crippen LogP contribution in [0.25, 0.3) is 11.4 Å². The van der Waals surface area contributed by atoms with E-state index in [9.17, 15) is 20.0 Å². The number of aromatic nitrogens is 2. The molecule has 1 aromatic heterocycles. The minimum absolute atomic E-state index is 0.0215. The second-order valence-electron chi connectivity index (χ2n) is 9.05. The third-order valence-corrected chi connectivity index (χ3v) is 6.24. The number of carbonyl (C=O) groups excluding carboxylic acids is 2. The van der Waals surface area contributed by atoms with Crippen LogP contribution in [0.15, 0.2) is 24.3 Å². The summed E-state index contributed by atoms with van der Waals surface area (Å²) in [5.41, 5.74) is 8.41. The molecule has 2 fully saturated rings. The summed E-state index contributed by atoms with van der Waals surface area (Å²) in [5.74, 6) is -0.757. The molecule has 2 atom stereocenters. The van der Waals surface area contributed by atoms with Crippen molar-refractivity contribution < 1.29 is 24.3 Å². The zero-order valence-corrected chi connectivity index (χ0v) is 19.4. The van der Waals surface area contributed by atoms with Gasteiger partial charge in [0.05, 0.1) is 17.2 Å². The molecular weight excluding hydrogens is 452 g/mol. The van der Waals surface area contributed by atoms with Crippen molar-refractivity contribution in [2.24, 2.45) is 0 Å². The van der Waals surface area contributed by atoms with Gasteiger partial charge in [0.1, 0.15) is 24.1 Å². The number of nitrogens with zero attached hydrogens (tertiary/aromatic N) is 3. The number of carbonyl (C=O) groups is 2. The Labute approximate surface area is 202 Å². The molecule has 2 aromatic rings. The topological polar surface area (TPSA) is 172 Å². The standard InChI is InChI=1S/C24H28N6O5/c1-14(31)27-17-6-7-18(11-17)35-23-19(22(32)30-34-13-24(33)8-3-9-24)20(26)28-21(29-23)16-5-2-4-15(10-16)12-25/h2,4-5,10,17-18,33H,3,6-9,11,13H2,1H3,(H,27,31)(H,30,32)(H2,26,28,29)/t17-,18+/m1/s1. The first-order chi connectivity index (χ1) is 16.8. The molecular formula is C24H28N6O5. The lowest BCUT2D eigenvalue weighted by molar-refractivity contribution is -0.119. The first-order valence-electron chi connectivity index (χ1n) is 11.5. The number of benzene rings is 1. The van der Waals surface area contributed by atoms with Gasteiger partial charge in [0, 0.05) is 24.9 Å². The molecule has 2 saturated carbocycles. The second kappa shape index (κ2) is 10.2. The van der Waals surface area contributed by atoms with E-state index in [1.807, 2.05) is 0 Å². The molecule has 35 heavy (non-hydrogen) atoms. The molecule has 11 nitrogen and oxygen atoms in total. The molecule has 2 amide bonds. The predicted octanol–water partition coefficient (Wildman–Crippen LogP) is 1.61. The number of nitrogen functional groups attached to an aromatic ring is 1. The van der Waals surface area contributed by atoms with Gasteiger partial charge in [-0.25, -0.2) is 10.5 Å². The molecule has 1 heterocycles. The Morgan fingerprint density at radius 1 is 1.31 bits per heavy atom. The van der Waals surface area contributed by atoms with Gasteiger partial charge in [-0.1, -0.05) is 12.1 Å². The van der Waals surface area contributed by atoms with E-state index in [0.29, 0.717) is 36.8 Å². The average molecular weight is 481 g/mol. The maximum absolute atomic E-state index is 13.0. The molecule has 0 aliphatic heterocycles. The molecule has 0 saturated heterocycles. The number of amides is 2. The molecule has 5 N–H and O–H groups in total. The van der Waals surface area contributed by atoms with Crippen LogP contribution in [0.1, 0.15) is 61.4 Å². The van der Waals surface area contributed by atoms with Crippen molar-refractivity contribution >= 4 is 17.6 Å². The summed E-state index contributed by atoms with van der Waals surface area (Å²) in [7, 11) is 0. The fourth-order valence-corrected chi connectivity index (χ4v) is 4.25. The van der Waals surface area contributed by atoms with Gasteiger partial charge >= 0.3 is 0 Å². The number of hydrogen-bond acceptors (Lipinski definition) is 9. The van der Waals surface area contributed by atoms with Crippen LogP contribution in [-0.2, 0) is 9.63 Å². The SMILES string of the molecule is CC(=O)N[C@@H]1CC[C@H](Oc2nc(-c3cccc(C#N)c3)nc(N)c2C(=O)NOCC2(O)CCC2)C1. The molecule has 11 heteroatoms. The Bertz CT molecular complexity index is 1160. The molecule has 184 valence electrons. The van der Waals surface area contributed by atoms with Crippen molar-refractivity contribution in [3.8, 4) is 23.3 Å². The molecule has 4 rings (SSSR count). The minimum atomic E-state index is -0.938. The summed E-state index contributed by atoms with van der Waals surface area (Å²) in [6.07, 6.45) is 3.74. The molecule has 0 radical (unpaired) electrons.